The zero-order valence-corrected chi connectivity index (χ0v) is 8.85. The summed E-state index contributed by atoms with van der Waals surface area (Å²) in [6, 6.07) is 3.73. The van der Waals surface area contributed by atoms with Gasteiger partial charge < -0.3 is 0 Å². The first-order valence-electron chi connectivity index (χ1n) is 3.32. The summed E-state index contributed by atoms with van der Waals surface area (Å²) in [6.45, 7) is 1.54. The molecule has 0 aliphatic carbocycles. The topological polar surface area (TPSA) is 77.3 Å². The Kier molecular flexibility index (Phi) is 2.91. The molecule has 0 aromatic heterocycles. The van der Waals surface area contributed by atoms with Crippen LogP contribution in [0.2, 0.25) is 0 Å². The van der Waals surface area contributed by atoms with Gasteiger partial charge in [-0.3, -0.25) is 10.1 Å². The van der Waals surface area contributed by atoms with Gasteiger partial charge in [0, 0.05) is 12.1 Å². The molecule has 1 aromatic rings. The molecule has 0 aliphatic heterocycles. The van der Waals surface area contributed by atoms with E-state index in [1.165, 1.54) is 18.2 Å². The standard InChI is InChI=1S/C7H6INO4/c1-5-4-6(9(12)13)2-3-7(5)8(10)11/h2-4H,1H3. The van der Waals surface area contributed by atoms with Crippen molar-refractivity contribution < 1.29 is 11.1 Å². The number of aryl methyl sites for hydroxylation is 1. The van der Waals surface area contributed by atoms with E-state index in [9.17, 15) is 16.3 Å². The second-order valence-corrected chi connectivity index (χ2v) is 4.81. The fourth-order valence-corrected chi connectivity index (χ4v) is 2.24. The van der Waals surface area contributed by atoms with Crippen molar-refractivity contribution in [1.29, 1.82) is 0 Å². The highest BCUT2D eigenvalue weighted by molar-refractivity contribution is 14.2. The van der Waals surface area contributed by atoms with Crippen LogP contribution in [0.25, 0.3) is 0 Å². The number of halogens is 1. The summed E-state index contributed by atoms with van der Waals surface area (Å²) in [5, 5.41) is 10.3. The third-order valence-corrected chi connectivity index (χ3v) is 3.68. The van der Waals surface area contributed by atoms with Crippen LogP contribution in [-0.4, -0.2) is 4.92 Å². The van der Waals surface area contributed by atoms with Crippen molar-refractivity contribution in [2.75, 3.05) is 0 Å². The van der Waals surface area contributed by atoms with Crippen LogP contribution in [0.5, 0.6) is 0 Å². The molecule has 6 heteroatoms. The van der Waals surface area contributed by atoms with Gasteiger partial charge in [-0.05, 0) is 18.6 Å². The number of hydrogen-bond acceptors (Lipinski definition) is 4. The van der Waals surface area contributed by atoms with E-state index < -0.39 is 24.7 Å². The fraction of sp³-hybridized carbons (Fsp3) is 0.143. The van der Waals surface area contributed by atoms with Crippen molar-refractivity contribution in [3.05, 3.63) is 37.4 Å². The van der Waals surface area contributed by atoms with E-state index >= 15 is 0 Å². The lowest BCUT2D eigenvalue weighted by molar-refractivity contribution is -0.384. The third-order valence-electron chi connectivity index (χ3n) is 1.52. The number of benzene rings is 1. The second-order valence-electron chi connectivity index (χ2n) is 2.41. The Morgan fingerprint density at radius 3 is 2.38 bits per heavy atom. The molecule has 0 saturated heterocycles. The second kappa shape index (κ2) is 3.77. The van der Waals surface area contributed by atoms with Gasteiger partial charge in [0.2, 0.25) is 0 Å². The highest BCUT2D eigenvalue weighted by Gasteiger charge is 2.10. The molecule has 1 aromatic carbocycles. The summed E-state index contributed by atoms with van der Waals surface area (Å²) in [5.41, 5.74) is 0.350. The fourth-order valence-electron chi connectivity index (χ4n) is 0.916. The van der Waals surface area contributed by atoms with Crippen LogP contribution < -0.4 is 0 Å². The molecule has 70 valence electrons. The van der Waals surface area contributed by atoms with Gasteiger partial charge in [0.25, 0.3) is 5.69 Å². The lowest BCUT2D eigenvalue weighted by Gasteiger charge is -1.95. The minimum Gasteiger partial charge on any atom is -0.258 e. The van der Waals surface area contributed by atoms with Gasteiger partial charge in [-0.25, -0.2) is 6.14 Å². The summed E-state index contributed by atoms with van der Waals surface area (Å²) < 4.78 is 21.5. The van der Waals surface area contributed by atoms with Crippen molar-refractivity contribution in [3.8, 4) is 0 Å². The van der Waals surface area contributed by atoms with Gasteiger partial charge in [-0.2, -0.15) is 0 Å². The number of non-ortho nitro benzene ring substituents is 1. The van der Waals surface area contributed by atoms with Gasteiger partial charge in [0.05, 0.1) is 8.49 Å². The first-order valence-corrected chi connectivity index (χ1v) is 6.16. The first-order chi connectivity index (χ1) is 6.02. The molecule has 13 heavy (non-hydrogen) atoms. The summed E-state index contributed by atoms with van der Waals surface area (Å²) in [6.07, 6.45) is 0. The van der Waals surface area contributed by atoms with Gasteiger partial charge in [0.15, 0.2) is 0 Å². The van der Waals surface area contributed by atoms with E-state index in [4.69, 9.17) is 0 Å². The van der Waals surface area contributed by atoms with Crippen LogP contribution in [-0.2, 0) is 6.14 Å². The molecule has 0 atom stereocenters. The minimum absolute atomic E-state index is 0.0843. The average Bonchev–Trinajstić information content (AvgIpc) is 2.03. The molecule has 0 spiro atoms. The Morgan fingerprint density at radius 2 is 2.00 bits per heavy atom. The Labute approximate surface area is 81.1 Å². The van der Waals surface area contributed by atoms with Crippen LogP contribution >= 0.6 is 19.8 Å². The van der Waals surface area contributed by atoms with E-state index in [1.54, 1.807) is 6.92 Å². The minimum atomic E-state index is -3.50. The largest absolute Gasteiger partial charge is 0.341 e. The summed E-state index contributed by atoms with van der Waals surface area (Å²) in [4.78, 5) is 9.75. The van der Waals surface area contributed by atoms with Crippen molar-refractivity contribution in [2.24, 2.45) is 0 Å². The molecular weight excluding hydrogens is 289 g/mol. The molecule has 0 saturated carbocycles. The van der Waals surface area contributed by atoms with E-state index in [0.29, 0.717) is 5.56 Å². The highest BCUT2D eigenvalue weighted by atomic mass is 127. The molecule has 0 aliphatic rings. The number of rotatable bonds is 2. The predicted molar refractivity (Wildman–Crippen MR) is 51.9 cm³/mol. The van der Waals surface area contributed by atoms with E-state index in [0.717, 1.165) is 0 Å². The molecule has 0 unspecified atom stereocenters. The Balaban J connectivity index is 3.28. The molecule has 0 amide bonds. The molecule has 0 heterocycles. The number of nitrogens with zero attached hydrogens (tertiary/aromatic N) is 1. The van der Waals surface area contributed by atoms with E-state index in [1.807, 2.05) is 0 Å². The lowest BCUT2D eigenvalue weighted by Crippen LogP contribution is -1.89. The predicted octanol–water partition coefficient (Wildman–Crippen LogP) is 2.27. The van der Waals surface area contributed by atoms with E-state index in [-0.39, 0.29) is 9.26 Å². The van der Waals surface area contributed by atoms with Crippen LogP contribution in [0.4, 0.5) is 5.69 Å². The number of hydrogen-bond donors (Lipinski definition) is 0. The maximum absolute atomic E-state index is 10.7. The van der Waals surface area contributed by atoms with Crippen LogP contribution in [0.1, 0.15) is 5.56 Å². The zero-order chi connectivity index (χ0) is 10.0. The van der Waals surface area contributed by atoms with Crippen molar-refractivity contribution in [2.45, 2.75) is 6.92 Å². The number of nitro benzene ring substituents is 1. The lowest BCUT2D eigenvalue weighted by atomic mass is 10.2. The molecule has 0 radical (unpaired) electrons. The summed E-state index contributed by atoms with van der Waals surface area (Å²) in [7, 11) is 0. The maximum Gasteiger partial charge on any atom is 0.341 e. The van der Waals surface area contributed by atoms with Gasteiger partial charge in [-0.15, -0.1) is 0 Å². The van der Waals surface area contributed by atoms with Crippen LogP contribution in [0.15, 0.2) is 18.2 Å². The van der Waals surface area contributed by atoms with Crippen molar-refractivity contribution in [1.82, 2.24) is 0 Å². The van der Waals surface area contributed by atoms with E-state index in [2.05, 4.69) is 0 Å². The SMILES string of the molecule is Cc1cc([N+](=O)[O-])ccc1I(=O)=O. The normalized spacial score (nSPS) is 10.3. The zero-order valence-electron chi connectivity index (χ0n) is 6.69. The molecule has 0 fully saturated rings. The summed E-state index contributed by atoms with van der Waals surface area (Å²) in [5.74, 6) is 0. The highest BCUT2D eigenvalue weighted by Crippen LogP contribution is 2.24. The third kappa shape index (κ3) is 2.20. The Morgan fingerprint density at radius 1 is 1.38 bits per heavy atom. The first kappa shape index (κ1) is 10.0. The Bertz CT molecular complexity index is 417. The van der Waals surface area contributed by atoms with Crippen molar-refractivity contribution in [3.63, 3.8) is 0 Å². The van der Waals surface area contributed by atoms with Gasteiger partial charge in [-0.1, -0.05) is 0 Å². The molecular formula is C7H6INO4. The van der Waals surface area contributed by atoms with Crippen molar-refractivity contribution >= 4 is 25.5 Å². The smallest absolute Gasteiger partial charge is 0.258 e. The molecule has 1 rings (SSSR count). The monoisotopic (exact) mass is 295 g/mol. The maximum atomic E-state index is 10.7. The van der Waals surface area contributed by atoms with Gasteiger partial charge in [0.1, 0.15) is 0 Å². The Hall–Kier alpha value is -1.05. The number of nitro groups is 1. The molecule has 5 nitrogen and oxygen atoms in total. The van der Waals surface area contributed by atoms with Crippen LogP contribution in [0.3, 0.4) is 0 Å². The average molecular weight is 295 g/mol. The summed E-state index contributed by atoms with van der Waals surface area (Å²) >= 11 is -3.50. The molecule has 0 bridgehead atoms. The van der Waals surface area contributed by atoms with Gasteiger partial charge >= 0.3 is 19.8 Å². The van der Waals surface area contributed by atoms with Crippen LogP contribution in [0, 0.1) is 20.6 Å². The quantitative estimate of drug-likeness (QED) is 0.476. The molecule has 0 N–H and O–H groups in total.